The van der Waals surface area contributed by atoms with Gasteiger partial charge in [-0.3, -0.25) is 0 Å². The van der Waals surface area contributed by atoms with Crippen LogP contribution in [0.15, 0.2) is 11.8 Å². The average molecular weight is 159 g/mol. The fraction of sp³-hybridized carbons (Fsp3) is 0.500. The van der Waals surface area contributed by atoms with Gasteiger partial charge in [-0.25, -0.2) is 4.79 Å². The van der Waals surface area contributed by atoms with Crippen LogP contribution < -0.4 is 4.72 Å². The van der Waals surface area contributed by atoms with E-state index in [1.807, 2.05) is 0 Å². The number of hydrogen-bond acceptors (Lipinski definition) is 4. The van der Waals surface area contributed by atoms with Crippen LogP contribution in [0.2, 0.25) is 0 Å². The van der Waals surface area contributed by atoms with Crippen molar-refractivity contribution in [2.45, 2.75) is 6.92 Å². The summed E-state index contributed by atoms with van der Waals surface area (Å²) in [5, 5.41) is 0. The first-order chi connectivity index (χ1) is 4.84. The van der Waals surface area contributed by atoms with Crippen molar-refractivity contribution >= 4 is 17.9 Å². The molecule has 0 fully saturated rings. The average Bonchev–Trinajstić information content (AvgIpc) is 2.38. The molecule has 1 rings (SSSR count). The van der Waals surface area contributed by atoms with Crippen molar-refractivity contribution in [3.63, 3.8) is 0 Å². The lowest BCUT2D eigenvalue weighted by molar-refractivity contribution is -0.138. The molecule has 3 nitrogen and oxygen atoms in total. The maximum absolute atomic E-state index is 10.9. The Kier molecular flexibility index (Phi) is 2.62. The van der Waals surface area contributed by atoms with Gasteiger partial charge in [0.15, 0.2) is 0 Å². The Morgan fingerprint density at radius 3 is 3.30 bits per heavy atom. The molecule has 4 heteroatoms. The van der Waals surface area contributed by atoms with Gasteiger partial charge in [-0.2, -0.15) is 0 Å². The second-order valence-electron chi connectivity index (χ2n) is 1.80. The van der Waals surface area contributed by atoms with Gasteiger partial charge in [0.2, 0.25) is 0 Å². The topological polar surface area (TPSA) is 38.3 Å². The molecule has 0 radical (unpaired) electrons. The smallest absolute Gasteiger partial charge is 0.336 e. The minimum atomic E-state index is -0.208. The summed E-state index contributed by atoms with van der Waals surface area (Å²) in [6.07, 6.45) is 1.68. The van der Waals surface area contributed by atoms with Crippen LogP contribution in [0, 0.1) is 0 Å². The highest BCUT2D eigenvalue weighted by atomic mass is 32.2. The normalized spacial score (nSPS) is 15.9. The Morgan fingerprint density at radius 1 is 2.00 bits per heavy atom. The van der Waals surface area contributed by atoms with Crippen molar-refractivity contribution in [1.82, 2.24) is 4.72 Å². The van der Waals surface area contributed by atoms with Gasteiger partial charge in [0, 0.05) is 12.0 Å². The standard InChI is InChI=1S/C6H9NO2S/c1-2-9-6(8)5-3-7-10-4-5/h3,7H,2,4H2,1H3. The van der Waals surface area contributed by atoms with E-state index in [-0.39, 0.29) is 5.97 Å². The molecule has 0 aromatic heterocycles. The molecule has 0 amide bonds. The van der Waals surface area contributed by atoms with Crippen molar-refractivity contribution < 1.29 is 9.53 Å². The van der Waals surface area contributed by atoms with Crippen LogP contribution in [-0.2, 0) is 9.53 Å². The third kappa shape index (κ3) is 1.67. The Hall–Kier alpha value is -0.640. The highest BCUT2D eigenvalue weighted by molar-refractivity contribution is 7.97. The number of esters is 1. The quantitative estimate of drug-likeness (QED) is 0.475. The number of nitrogens with one attached hydrogen (secondary N) is 1. The van der Waals surface area contributed by atoms with Crippen molar-refractivity contribution in [2.75, 3.05) is 12.4 Å². The van der Waals surface area contributed by atoms with Gasteiger partial charge in [-0.1, -0.05) is 0 Å². The molecule has 56 valence electrons. The van der Waals surface area contributed by atoms with E-state index in [4.69, 9.17) is 4.74 Å². The molecule has 0 atom stereocenters. The lowest BCUT2D eigenvalue weighted by Gasteiger charge is -1.98. The maximum Gasteiger partial charge on any atom is 0.336 e. The fourth-order valence-corrected chi connectivity index (χ4v) is 1.28. The SMILES string of the molecule is CCOC(=O)C1=CNSC1. The van der Waals surface area contributed by atoms with E-state index in [1.54, 1.807) is 13.1 Å². The molecule has 1 heterocycles. The highest BCUT2D eigenvalue weighted by Crippen LogP contribution is 2.12. The first kappa shape index (κ1) is 7.47. The van der Waals surface area contributed by atoms with Crippen LogP contribution in [-0.4, -0.2) is 18.3 Å². The van der Waals surface area contributed by atoms with Crippen LogP contribution in [0.4, 0.5) is 0 Å². The summed E-state index contributed by atoms with van der Waals surface area (Å²) in [5.41, 5.74) is 0.715. The molecule has 1 aliphatic rings. The van der Waals surface area contributed by atoms with E-state index in [2.05, 4.69) is 4.72 Å². The summed E-state index contributed by atoms with van der Waals surface area (Å²) in [4.78, 5) is 10.9. The molecule has 1 aliphatic heterocycles. The number of ether oxygens (including phenoxy) is 1. The Balaban J connectivity index is 2.40. The van der Waals surface area contributed by atoms with Crippen molar-refractivity contribution in [2.24, 2.45) is 0 Å². The number of carbonyl (C=O) groups excluding carboxylic acids is 1. The monoisotopic (exact) mass is 159 g/mol. The Bertz CT molecular complexity index is 167. The minimum Gasteiger partial charge on any atom is -0.463 e. The zero-order valence-electron chi connectivity index (χ0n) is 5.72. The van der Waals surface area contributed by atoms with Gasteiger partial charge < -0.3 is 9.46 Å². The predicted octanol–water partition coefficient (Wildman–Crippen LogP) is 0.685. The second kappa shape index (κ2) is 3.51. The summed E-state index contributed by atoms with van der Waals surface area (Å²) in [6, 6.07) is 0. The van der Waals surface area contributed by atoms with Crippen molar-refractivity contribution in [3.05, 3.63) is 11.8 Å². The van der Waals surface area contributed by atoms with Crippen LogP contribution >= 0.6 is 11.9 Å². The Labute approximate surface area is 64.0 Å². The zero-order chi connectivity index (χ0) is 7.40. The van der Waals surface area contributed by atoms with Crippen LogP contribution in [0.1, 0.15) is 6.92 Å². The maximum atomic E-state index is 10.9. The lowest BCUT2D eigenvalue weighted by atomic mass is 10.3. The number of rotatable bonds is 2. The molecule has 0 aliphatic carbocycles. The van der Waals surface area contributed by atoms with Gasteiger partial charge >= 0.3 is 5.97 Å². The minimum absolute atomic E-state index is 0.208. The zero-order valence-corrected chi connectivity index (χ0v) is 6.53. The summed E-state index contributed by atoms with van der Waals surface area (Å²) in [6.45, 7) is 2.24. The van der Waals surface area contributed by atoms with E-state index in [0.29, 0.717) is 17.9 Å². The molecule has 0 bridgehead atoms. The number of hydrogen-bond donors (Lipinski definition) is 1. The summed E-state index contributed by atoms with van der Waals surface area (Å²) >= 11 is 1.49. The largest absolute Gasteiger partial charge is 0.463 e. The summed E-state index contributed by atoms with van der Waals surface area (Å²) in [5.74, 6) is 0.499. The molecule has 10 heavy (non-hydrogen) atoms. The first-order valence-electron chi connectivity index (χ1n) is 3.08. The molecular formula is C6H9NO2S. The van der Waals surface area contributed by atoms with E-state index in [0.717, 1.165) is 0 Å². The van der Waals surface area contributed by atoms with Crippen LogP contribution in [0.25, 0.3) is 0 Å². The van der Waals surface area contributed by atoms with Gasteiger partial charge in [0.05, 0.1) is 12.2 Å². The molecular weight excluding hydrogens is 150 g/mol. The second-order valence-corrected chi connectivity index (χ2v) is 2.61. The summed E-state index contributed by atoms with van der Waals surface area (Å²) < 4.78 is 7.63. The molecule has 1 N–H and O–H groups in total. The highest BCUT2D eigenvalue weighted by Gasteiger charge is 2.13. The fourth-order valence-electron chi connectivity index (χ4n) is 0.616. The molecule has 0 saturated carbocycles. The summed E-state index contributed by atoms with van der Waals surface area (Å²) in [7, 11) is 0. The first-order valence-corrected chi connectivity index (χ1v) is 4.06. The molecule has 0 aromatic rings. The third-order valence-electron chi connectivity index (χ3n) is 1.08. The third-order valence-corrected chi connectivity index (χ3v) is 1.82. The Morgan fingerprint density at radius 2 is 2.80 bits per heavy atom. The lowest BCUT2D eigenvalue weighted by Crippen LogP contribution is -2.07. The molecule has 0 aromatic carbocycles. The van der Waals surface area contributed by atoms with E-state index >= 15 is 0 Å². The van der Waals surface area contributed by atoms with Crippen molar-refractivity contribution in [1.29, 1.82) is 0 Å². The van der Waals surface area contributed by atoms with E-state index in [1.165, 1.54) is 11.9 Å². The molecule has 0 saturated heterocycles. The van der Waals surface area contributed by atoms with Gasteiger partial charge in [0.25, 0.3) is 0 Å². The van der Waals surface area contributed by atoms with Crippen LogP contribution in [0.3, 0.4) is 0 Å². The molecule has 0 unspecified atom stereocenters. The predicted molar refractivity (Wildman–Crippen MR) is 40.3 cm³/mol. The van der Waals surface area contributed by atoms with Crippen molar-refractivity contribution in [3.8, 4) is 0 Å². The molecule has 0 spiro atoms. The van der Waals surface area contributed by atoms with E-state index in [9.17, 15) is 4.79 Å². The number of carbonyl (C=O) groups is 1. The van der Waals surface area contributed by atoms with Gasteiger partial charge in [0.1, 0.15) is 0 Å². The van der Waals surface area contributed by atoms with Gasteiger partial charge in [-0.15, -0.1) is 0 Å². The van der Waals surface area contributed by atoms with E-state index < -0.39 is 0 Å². The van der Waals surface area contributed by atoms with Gasteiger partial charge in [-0.05, 0) is 18.9 Å². The van der Waals surface area contributed by atoms with Crippen LogP contribution in [0.5, 0.6) is 0 Å².